The van der Waals surface area contributed by atoms with Crippen molar-refractivity contribution in [3.05, 3.63) is 0 Å². The molecule has 40 heavy (non-hydrogen) atoms. The van der Waals surface area contributed by atoms with E-state index in [2.05, 4.69) is 27.7 Å². The summed E-state index contributed by atoms with van der Waals surface area (Å²) in [6.07, 6.45) is 30.4. The van der Waals surface area contributed by atoms with E-state index in [9.17, 15) is 9.59 Å². The van der Waals surface area contributed by atoms with Gasteiger partial charge in [0, 0.05) is 12.8 Å². The Hall–Kier alpha value is -1.06. The van der Waals surface area contributed by atoms with Crippen molar-refractivity contribution in [1.82, 2.24) is 0 Å². The highest BCUT2D eigenvalue weighted by Crippen LogP contribution is 2.14. The van der Waals surface area contributed by atoms with Gasteiger partial charge in [-0.2, -0.15) is 0 Å². The summed E-state index contributed by atoms with van der Waals surface area (Å²) < 4.78 is 10.8. The highest BCUT2D eigenvalue weighted by atomic mass is 16.5. The predicted octanol–water partition coefficient (Wildman–Crippen LogP) is 11.5. The maximum Gasteiger partial charge on any atom is 0.305 e. The fourth-order valence-electron chi connectivity index (χ4n) is 5.19. The Balaban J connectivity index is 3.25. The highest BCUT2D eigenvalue weighted by molar-refractivity contribution is 5.69. The van der Waals surface area contributed by atoms with E-state index in [1.807, 2.05) is 0 Å². The number of hydrogen-bond donors (Lipinski definition) is 0. The van der Waals surface area contributed by atoms with Crippen LogP contribution in [0.5, 0.6) is 0 Å². The summed E-state index contributed by atoms with van der Waals surface area (Å²) in [6.45, 7) is 10.4. The van der Waals surface area contributed by atoms with Crippen LogP contribution in [-0.2, 0) is 19.1 Å². The molecule has 0 aliphatic carbocycles. The number of ether oxygens (including phenoxy) is 2. The molecule has 0 N–H and O–H groups in total. The Labute approximate surface area is 250 Å². The molecule has 0 saturated heterocycles. The molecule has 0 aromatic carbocycles. The van der Waals surface area contributed by atoms with Crippen molar-refractivity contribution in [2.45, 2.75) is 195 Å². The molecule has 0 aromatic rings. The molecule has 0 aliphatic rings. The first-order valence-corrected chi connectivity index (χ1v) is 17.7. The zero-order chi connectivity index (χ0) is 29.5. The number of carbonyl (C=O) groups is 2. The highest BCUT2D eigenvalue weighted by Gasteiger charge is 2.04. The number of rotatable bonds is 31. The van der Waals surface area contributed by atoms with Gasteiger partial charge >= 0.3 is 11.9 Å². The van der Waals surface area contributed by atoms with Crippen LogP contribution < -0.4 is 0 Å². The van der Waals surface area contributed by atoms with Gasteiger partial charge in [-0.1, -0.05) is 156 Å². The molecule has 0 saturated carbocycles. The van der Waals surface area contributed by atoms with Gasteiger partial charge in [0.25, 0.3) is 0 Å². The third-order valence-electron chi connectivity index (χ3n) is 7.89. The summed E-state index contributed by atoms with van der Waals surface area (Å²) in [4.78, 5) is 23.8. The number of carbonyl (C=O) groups excluding carboxylic acids is 2. The second kappa shape index (κ2) is 30.9. The summed E-state index contributed by atoms with van der Waals surface area (Å²) in [7, 11) is 0. The van der Waals surface area contributed by atoms with Gasteiger partial charge in [0.05, 0.1) is 13.2 Å². The minimum Gasteiger partial charge on any atom is -0.466 e. The van der Waals surface area contributed by atoms with Crippen LogP contribution in [0.15, 0.2) is 0 Å². The third-order valence-corrected chi connectivity index (χ3v) is 7.89. The summed E-state index contributed by atoms with van der Waals surface area (Å²) in [6, 6.07) is 0. The minimum atomic E-state index is -0.0203. The monoisotopic (exact) mass is 567 g/mol. The van der Waals surface area contributed by atoms with Gasteiger partial charge in [0.1, 0.15) is 0 Å². The first kappa shape index (κ1) is 38.9. The molecule has 4 nitrogen and oxygen atoms in total. The molecule has 238 valence electrons. The van der Waals surface area contributed by atoms with Gasteiger partial charge in [-0.25, -0.2) is 0 Å². The van der Waals surface area contributed by atoms with Crippen molar-refractivity contribution in [1.29, 1.82) is 0 Å². The van der Waals surface area contributed by atoms with Gasteiger partial charge in [-0.3, -0.25) is 9.59 Å². The lowest BCUT2D eigenvalue weighted by atomic mass is 10.0. The molecule has 0 unspecified atom stereocenters. The van der Waals surface area contributed by atoms with Crippen LogP contribution in [0.1, 0.15) is 195 Å². The first-order chi connectivity index (χ1) is 19.4. The zero-order valence-electron chi connectivity index (χ0n) is 27.6. The van der Waals surface area contributed by atoms with Crippen LogP contribution in [0.3, 0.4) is 0 Å². The second-order valence-electron chi connectivity index (χ2n) is 13.1. The van der Waals surface area contributed by atoms with Crippen LogP contribution in [-0.4, -0.2) is 25.2 Å². The summed E-state index contributed by atoms with van der Waals surface area (Å²) in [5, 5.41) is 0. The summed E-state index contributed by atoms with van der Waals surface area (Å²) >= 11 is 0. The number of unbranched alkanes of at least 4 members (excludes halogenated alkanes) is 19. The SMILES string of the molecule is CC(C)CCCCCCCCCOC(=O)CCCCCCCCCCC(=O)OCCCCCCCCCC(C)C. The summed E-state index contributed by atoms with van der Waals surface area (Å²) in [5.74, 6) is 1.62. The average molecular weight is 567 g/mol. The van der Waals surface area contributed by atoms with E-state index in [-0.39, 0.29) is 11.9 Å². The molecule has 0 heterocycles. The van der Waals surface area contributed by atoms with E-state index in [1.165, 1.54) is 116 Å². The van der Waals surface area contributed by atoms with Gasteiger partial charge < -0.3 is 9.47 Å². The fraction of sp³-hybridized carbons (Fsp3) is 0.944. The maximum atomic E-state index is 11.9. The lowest BCUT2D eigenvalue weighted by molar-refractivity contribution is -0.144. The van der Waals surface area contributed by atoms with Crippen molar-refractivity contribution < 1.29 is 19.1 Å². The van der Waals surface area contributed by atoms with E-state index in [0.717, 1.165) is 50.4 Å². The predicted molar refractivity (Wildman–Crippen MR) is 172 cm³/mol. The van der Waals surface area contributed by atoms with Crippen LogP contribution in [0.4, 0.5) is 0 Å². The molecule has 0 aliphatic heterocycles. The van der Waals surface area contributed by atoms with Crippen molar-refractivity contribution in [2.24, 2.45) is 11.8 Å². The first-order valence-electron chi connectivity index (χ1n) is 17.7. The molecule has 0 amide bonds. The average Bonchev–Trinajstić information content (AvgIpc) is 2.91. The molecule has 0 fully saturated rings. The lowest BCUT2D eigenvalue weighted by Crippen LogP contribution is -2.05. The van der Waals surface area contributed by atoms with E-state index < -0.39 is 0 Å². The van der Waals surface area contributed by atoms with Gasteiger partial charge in [0.15, 0.2) is 0 Å². The van der Waals surface area contributed by atoms with Gasteiger partial charge in [0.2, 0.25) is 0 Å². The fourth-order valence-corrected chi connectivity index (χ4v) is 5.19. The quantitative estimate of drug-likeness (QED) is 0.0618. The molecule has 0 rings (SSSR count). The molecule has 4 heteroatoms. The summed E-state index contributed by atoms with van der Waals surface area (Å²) in [5.41, 5.74) is 0. The van der Waals surface area contributed by atoms with Crippen molar-refractivity contribution in [3.8, 4) is 0 Å². The second-order valence-corrected chi connectivity index (χ2v) is 13.1. The van der Waals surface area contributed by atoms with E-state index in [1.54, 1.807) is 0 Å². The van der Waals surface area contributed by atoms with E-state index in [4.69, 9.17) is 9.47 Å². The topological polar surface area (TPSA) is 52.6 Å². The number of hydrogen-bond acceptors (Lipinski definition) is 4. The zero-order valence-corrected chi connectivity index (χ0v) is 27.6. The Kier molecular flexibility index (Phi) is 30.1. The third kappa shape index (κ3) is 33.1. The standard InChI is InChI=1S/C36H70O4/c1-33(2)27-21-15-9-7-13-19-25-31-39-35(37)29-23-17-11-5-6-12-18-24-30-36(38)40-32-26-20-14-8-10-16-22-28-34(3)4/h33-34H,5-32H2,1-4H3. The Morgan fingerprint density at radius 1 is 0.375 bits per heavy atom. The molecule has 0 radical (unpaired) electrons. The molecule has 0 spiro atoms. The van der Waals surface area contributed by atoms with E-state index >= 15 is 0 Å². The van der Waals surface area contributed by atoms with Crippen LogP contribution in [0.2, 0.25) is 0 Å². The van der Waals surface area contributed by atoms with Crippen molar-refractivity contribution in [2.75, 3.05) is 13.2 Å². The lowest BCUT2D eigenvalue weighted by Gasteiger charge is -2.06. The van der Waals surface area contributed by atoms with Crippen LogP contribution in [0.25, 0.3) is 0 Å². The van der Waals surface area contributed by atoms with Crippen LogP contribution >= 0.6 is 0 Å². The Bertz CT molecular complexity index is 495. The van der Waals surface area contributed by atoms with Crippen molar-refractivity contribution >= 4 is 11.9 Å². The molecule has 0 bridgehead atoms. The van der Waals surface area contributed by atoms with E-state index in [0.29, 0.717) is 26.1 Å². The van der Waals surface area contributed by atoms with Gasteiger partial charge in [-0.15, -0.1) is 0 Å². The van der Waals surface area contributed by atoms with Crippen molar-refractivity contribution in [3.63, 3.8) is 0 Å². The maximum absolute atomic E-state index is 11.9. The minimum absolute atomic E-state index is 0.0203. The molecular weight excluding hydrogens is 496 g/mol. The number of esters is 2. The van der Waals surface area contributed by atoms with Gasteiger partial charge in [-0.05, 0) is 37.5 Å². The Morgan fingerprint density at radius 3 is 0.925 bits per heavy atom. The smallest absolute Gasteiger partial charge is 0.305 e. The Morgan fingerprint density at radius 2 is 0.625 bits per heavy atom. The van der Waals surface area contributed by atoms with Crippen LogP contribution in [0, 0.1) is 11.8 Å². The largest absolute Gasteiger partial charge is 0.466 e. The molecular formula is C36H70O4. The normalized spacial score (nSPS) is 11.4. The molecule has 0 atom stereocenters. The molecule has 0 aromatic heterocycles.